The number of ether oxygens (including phenoxy) is 2. The summed E-state index contributed by atoms with van der Waals surface area (Å²) >= 11 is 0. The maximum atomic E-state index is 13.1. The van der Waals surface area contributed by atoms with Crippen LogP contribution in [0.15, 0.2) is 36.9 Å². The van der Waals surface area contributed by atoms with Crippen LogP contribution in [0.4, 0.5) is 36.7 Å². The Morgan fingerprint density at radius 3 is 2.11 bits per heavy atom. The lowest BCUT2D eigenvalue weighted by Crippen LogP contribution is -2.44. The summed E-state index contributed by atoms with van der Waals surface area (Å²) in [4.78, 5) is 32.3. The number of nitrogens with zero attached hydrogens (tertiary/aromatic N) is 4. The van der Waals surface area contributed by atoms with Crippen molar-refractivity contribution < 1.29 is 60.0 Å². The molecular formula is C21H21F7N4O6. The molecule has 3 heterocycles. The van der Waals surface area contributed by atoms with E-state index in [2.05, 4.69) is 19.9 Å². The molecule has 17 heteroatoms. The van der Waals surface area contributed by atoms with Gasteiger partial charge >= 0.3 is 24.3 Å². The number of anilines is 1. The van der Waals surface area contributed by atoms with Crippen LogP contribution in [0.2, 0.25) is 0 Å². The summed E-state index contributed by atoms with van der Waals surface area (Å²) in [7, 11) is 0. The highest BCUT2D eigenvalue weighted by Gasteiger charge is 2.44. The summed E-state index contributed by atoms with van der Waals surface area (Å²) in [5, 5.41) is 14.2. The summed E-state index contributed by atoms with van der Waals surface area (Å²) in [5.74, 6) is -5.42. The summed E-state index contributed by atoms with van der Waals surface area (Å²) in [6, 6.07) is 4.03. The summed E-state index contributed by atoms with van der Waals surface area (Å²) < 4.78 is 88.7. The van der Waals surface area contributed by atoms with E-state index in [0.29, 0.717) is 25.7 Å². The predicted molar refractivity (Wildman–Crippen MR) is 112 cm³/mol. The van der Waals surface area contributed by atoms with E-state index in [1.165, 1.54) is 12.4 Å². The number of hydrogen-bond acceptors (Lipinski definition) is 8. The van der Waals surface area contributed by atoms with Crippen LogP contribution in [-0.4, -0.2) is 80.9 Å². The first kappa shape index (κ1) is 30.6. The Morgan fingerprint density at radius 2 is 1.61 bits per heavy atom. The molecule has 1 saturated carbocycles. The first-order chi connectivity index (χ1) is 17.7. The molecule has 4 rings (SSSR count). The highest BCUT2D eigenvalue weighted by atomic mass is 19.4. The Kier molecular flexibility index (Phi) is 10.7. The second-order valence-electron chi connectivity index (χ2n) is 7.69. The molecule has 1 aliphatic carbocycles. The lowest BCUT2D eigenvalue weighted by atomic mass is 10.1. The molecule has 10 nitrogen and oxygen atoms in total. The number of aliphatic carboxylic acids is 2. The molecule has 0 amide bonds. The van der Waals surface area contributed by atoms with Crippen LogP contribution >= 0.6 is 0 Å². The van der Waals surface area contributed by atoms with Gasteiger partial charge in [0.05, 0.1) is 37.8 Å². The third kappa shape index (κ3) is 9.37. The Balaban J connectivity index is 0.000000301. The fourth-order valence-electron chi connectivity index (χ4n) is 3.49. The van der Waals surface area contributed by atoms with Gasteiger partial charge in [-0.05, 0) is 24.5 Å². The van der Waals surface area contributed by atoms with Crippen molar-refractivity contribution >= 4 is 17.9 Å². The van der Waals surface area contributed by atoms with Gasteiger partial charge in [-0.25, -0.2) is 23.9 Å². The Bertz CT molecular complexity index is 1020. The third-order valence-electron chi connectivity index (χ3n) is 5.07. The number of carboxylic acid groups (broad SMARTS) is 2. The van der Waals surface area contributed by atoms with Gasteiger partial charge in [0.1, 0.15) is 6.10 Å². The molecule has 2 aliphatic rings. The molecule has 210 valence electrons. The summed E-state index contributed by atoms with van der Waals surface area (Å²) in [6.45, 7) is 1.77. The first-order valence-corrected chi connectivity index (χ1v) is 10.7. The van der Waals surface area contributed by atoms with E-state index in [4.69, 9.17) is 29.3 Å². The van der Waals surface area contributed by atoms with E-state index in [9.17, 15) is 30.7 Å². The third-order valence-corrected chi connectivity index (χ3v) is 5.07. The molecule has 2 aromatic heterocycles. The van der Waals surface area contributed by atoms with Crippen molar-refractivity contribution in [3.05, 3.63) is 48.3 Å². The zero-order chi connectivity index (χ0) is 28.5. The topological polar surface area (TPSA) is 135 Å². The van der Waals surface area contributed by atoms with Gasteiger partial charge in [0.2, 0.25) is 5.95 Å². The maximum Gasteiger partial charge on any atom is 0.490 e. The Morgan fingerprint density at radius 1 is 1.03 bits per heavy atom. The van der Waals surface area contributed by atoms with Gasteiger partial charge in [-0.2, -0.15) is 26.3 Å². The van der Waals surface area contributed by atoms with Gasteiger partial charge in [0.25, 0.3) is 0 Å². The van der Waals surface area contributed by atoms with Crippen molar-refractivity contribution in [3.8, 4) is 0 Å². The fraction of sp³-hybridized carbons (Fsp3) is 0.476. The minimum atomic E-state index is -5.08. The van der Waals surface area contributed by atoms with Gasteiger partial charge in [0.15, 0.2) is 5.82 Å². The zero-order valence-corrected chi connectivity index (χ0v) is 19.2. The van der Waals surface area contributed by atoms with Crippen LogP contribution in [0.25, 0.3) is 0 Å². The number of aromatic nitrogens is 3. The van der Waals surface area contributed by atoms with Crippen molar-refractivity contribution in [1.82, 2.24) is 15.0 Å². The molecule has 2 N–H and O–H groups in total. The number of rotatable bonds is 4. The smallest absolute Gasteiger partial charge is 0.475 e. The van der Waals surface area contributed by atoms with Crippen molar-refractivity contribution in [1.29, 1.82) is 0 Å². The molecule has 0 aromatic carbocycles. The first-order valence-electron chi connectivity index (χ1n) is 10.7. The molecule has 0 radical (unpaired) electrons. The molecule has 2 bridgehead atoms. The van der Waals surface area contributed by atoms with Gasteiger partial charge in [-0.15, -0.1) is 0 Å². The van der Waals surface area contributed by atoms with Gasteiger partial charge in [-0.1, -0.05) is 6.07 Å². The Labute approximate surface area is 210 Å². The highest BCUT2D eigenvalue weighted by Crippen LogP contribution is 2.34. The number of carboxylic acids is 2. The lowest BCUT2D eigenvalue weighted by Gasteiger charge is -2.31. The van der Waals surface area contributed by atoms with Crippen LogP contribution in [0.3, 0.4) is 0 Å². The van der Waals surface area contributed by atoms with Gasteiger partial charge in [-0.3, -0.25) is 4.98 Å². The molecule has 3 unspecified atom stereocenters. The van der Waals surface area contributed by atoms with Crippen LogP contribution in [0.1, 0.15) is 18.4 Å². The summed E-state index contributed by atoms with van der Waals surface area (Å²) in [6.07, 6.45) is -2.30. The van der Waals surface area contributed by atoms with Crippen LogP contribution in [0, 0.1) is 5.82 Å². The normalized spacial score (nSPS) is 20.8. The molecular weight excluding hydrogens is 537 g/mol. The fourth-order valence-corrected chi connectivity index (χ4v) is 3.49. The molecule has 3 atom stereocenters. The minimum absolute atomic E-state index is 0.0543. The van der Waals surface area contributed by atoms with E-state index in [1.807, 2.05) is 12.1 Å². The molecule has 38 heavy (non-hydrogen) atoms. The maximum absolute atomic E-state index is 13.1. The lowest BCUT2D eigenvalue weighted by molar-refractivity contribution is -0.193. The van der Waals surface area contributed by atoms with Crippen molar-refractivity contribution in [2.24, 2.45) is 0 Å². The molecule has 0 spiro atoms. The average Bonchev–Trinajstić information content (AvgIpc) is 3.13. The molecule has 1 aliphatic heterocycles. The van der Waals surface area contributed by atoms with Crippen LogP contribution < -0.4 is 4.90 Å². The Hall–Kier alpha value is -3.60. The zero-order valence-electron chi connectivity index (χ0n) is 19.2. The van der Waals surface area contributed by atoms with Gasteiger partial charge in [0, 0.05) is 18.9 Å². The number of hydrogen-bond donors (Lipinski definition) is 2. The van der Waals surface area contributed by atoms with E-state index in [1.54, 1.807) is 12.4 Å². The number of halogens is 7. The van der Waals surface area contributed by atoms with Crippen LogP contribution in [0.5, 0.6) is 0 Å². The van der Waals surface area contributed by atoms with E-state index in [0.717, 1.165) is 18.4 Å². The second-order valence-corrected chi connectivity index (χ2v) is 7.69. The molecule has 2 aromatic rings. The second kappa shape index (κ2) is 13.3. The number of fused-ring (bicyclic) bond motifs is 2. The molecule has 2 fully saturated rings. The quantitative estimate of drug-likeness (QED) is 0.539. The summed E-state index contributed by atoms with van der Waals surface area (Å²) in [5.41, 5.74) is 1.03. The van der Waals surface area contributed by atoms with Crippen LogP contribution in [-0.2, 0) is 25.7 Å². The van der Waals surface area contributed by atoms with E-state index >= 15 is 0 Å². The average molecular weight is 558 g/mol. The highest BCUT2D eigenvalue weighted by molar-refractivity contribution is 5.73. The largest absolute Gasteiger partial charge is 0.490 e. The van der Waals surface area contributed by atoms with Gasteiger partial charge < -0.3 is 24.6 Å². The number of alkyl halides is 6. The standard InChI is InChI=1S/C17H19FN4O2.2C2HF3O2/c18-13-9-20-17(21-10-13)22-6-7-23-15-4-3-14(22)16(15)24-11-12-2-1-5-19-8-12;2*3-2(4,5)1(6)7/h1-2,5,8-10,14-16H,3-4,6-7,11H2;2*(H,6,7). The minimum Gasteiger partial charge on any atom is -0.475 e. The monoisotopic (exact) mass is 558 g/mol. The molecule has 1 saturated heterocycles. The SMILES string of the molecule is Fc1cnc(N2CCOC3CCC2C3OCc2cccnc2)nc1.O=C(O)C(F)(F)F.O=C(O)C(F)(F)F. The van der Waals surface area contributed by atoms with E-state index < -0.39 is 30.1 Å². The number of pyridine rings is 1. The van der Waals surface area contributed by atoms with Crippen molar-refractivity contribution in [3.63, 3.8) is 0 Å². The van der Waals surface area contributed by atoms with Crippen molar-refractivity contribution in [2.75, 3.05) is 18.1 Å². The predicted octanol–water partition coefficient (Wildman–Crippen LogP) is 3.23. The van der Waals surface area contributed by atoms with E-state index in [-0.39, 0.29) is 18.2 Å². The van der Waals surface area contributed by atoms with Crippen molar-refractivity contribution in [2.45, 2.75) is 50.1 Å². The number of carbonyl (C=O) groups is 2.